The van der Waals surface area contributed by atoms with Crippen molar-refractivity contribution in [2.24, 2.45) is 0 Å². The Kier molecular flexibility index (Phi) is 8.18. The number of hydrogen-bond donors (Lipinski definition) is 2. The lowest BCUT2D eigenvalue weighted by atomic mass is 10.1. The lowest BCUT2D eigenvalue weighted by Gasteiger charge is -2.21. The first kappa shape index (κ1) is 18.1. The minimum atomic E-state index is -0.616. The van der Waals surface area contributed by atoms with Gasteiger partial charge in [-0.15, -0.1) is 0 Å². The molecule has 2 N–H and O–H groups in total. The number of benzene rings is 1. The Balaban J connectivity index is 2.73. The molecule has 0 saturated heterocycles. The summed E-state index contributed by atoms with van der Waals surface area (Å²) in [5.74, 6) is -0.587. The second kappa shape index (κ2) is 9.92. The van der Waals surface area contributed by atoms with Crippen LogP contribution in [0.4, 0.5) is 4.39 Å². The molecule has 0 heterocycles. The predicted octanol–water partition coefficient (Wildman–Crippen LogP) is 3.44. The average Bonchev–Trinajstić information content (AvgIpc) is 2.51. The monoisotopic (exact) mass is 308 g/mol. The lowest BCUT2D eigenvalue weighted by molar-refractivity contribution is -0.124. The van der Waals surface area contributed by atoms with Gasteiger partial charge in [0.05, 0.1) is 0 Å². The predicted molar refractivity (Wildman–Crippen MR) is 84.5 cm³/mol. The number of halogens is 1. The quantitative estimate of drug-likeness (QED) is 0.687. The van der Waals surface area contributed by atoms with Crippen molar-refractivity contribution in [2.75, 3.05) is 0 Å². The molecule has 4 nitrogen and oxygen atoms in total. The minimum Gasteiger partial charge on any atom is -0.332 e. The number of unbranched alkanes of at least 4 members (excludes halogenated alkanes) is 2. The van der Waals surface area contributed by atoms with Crippen molar-refractivity contribution in [1.29, 1.82) is 0 Å². The van der Waals surface area contributed by atoms with Gasteiger partial charge in [-0.25, -0.2) is 4.39 Å². The highest BCUT2D eigenvalue weighted by Crippen LogP contribution is 2.12. The molecular formula is C17H25FN2O2. The van der Waals surface area contributed by atoms with Crippen LogP contribution in [0.25, 0.3) is 0 Å². The molecular weight excluding hydrogens is 283 g/mol. The third-order valence-electron chi connectivity index (χ3n) is 3.33. The second-order valence-corrected chi connectivity index (χ2v) is 5.33. The van der Waals surface area contributed by atoms with Gasteiger partial charge in [-0.3, -0.25) is 9.59 Å². The van der Waals surface area contributed by atoms with Crippen LogP contribution >= 0.6 is 0 Å². The summed E-state index contributed by atoms with van der Waals surface area (Å²) in [6.45, 7) is 4.02. The first-order valence-electron chi connectivity index (χ1n) is 7.91. The van der Waals surface area contributed by atoms with Crippen LogP contribution < -0.4 is 10.6 Å². The highest BCUT2D eigenvalue weighted by atomic mass is 19.1. The number of carbonyl (C=O) groups excluding carboxylic acids is 2. The minimum absolute atomic E-state index is 0.119. The van der Waals surface area contributed by atoms with Gasteiger partial charge in [0.15, 0.2) is 0 Å². The highest BCUT2D eigenvalue weighted by Gasteiger charge is 2.16. The molecule has 22 heavy (non-hydrogen) atoms. The summed E-state index contributed by atoms with van der Waals surface area (Å²) in [5, 5.41) is 5.60. The van der Waals surface area contributed by atoms with E-state index in [4.69, 9.17) is 0 Å². The van der Waals surface area contributed by atoms with E-state index in [0.717, 1.165) is 25.7 Å². The number of amides is 2. The van der Waals surface area contributed by atoms with Gasteiger partial charge in [0.1, 0.15) is 12.0 Å². The summed E-state index contributed by atoms with van der Waals surface area (Å²) in [5.41, 5.74) is 0.663. The molecule has 122 valence electrons. The highest BCUT2D eigenvalue weighted by molar-refractivity contribution is 5.79. The Labute approximate surface area is 131 Å². The van der Waals surface area contributed by atoms with Gasteiger partial charge in [0.25, 0.3) is 0 Å². The van der Waals surface area contributed by atoms with Crippen molar-refractivity contribution in [3.63, 3.8) is 0 Å². The lowest BCUT2D eigenvalue weighted by Crippen LogP contribution is -2.41. The number of carbonyl (C=O) groups is 2. The maximum atomic E-state index is 13.0. The van der Waals surface area contributed by atoms with E-state index in [1.807, 2.05) is 13.8 Å². The summed E-state index contributed by atoms with van der Waals surface area (Å²) in [7, 11) is 0. The molecule has 0 atom stereocenters. The summed E-state index contributed by atoms with van der Waals surface area (Å²) in [6, 6.07) is 5.78. The zero-order valence-electron chi connectivity index (χ0n) is 13.3. The van der Waals surface area contributed by atoms with Crippen LogP contribution in [-0.4, -0.2) is 11.8 Å². The van der Waals surface area contributed by atoms with Gasteiger partial charge in [-0.2, -0.15) is 0 Å². The Morgan fingerprint density at radius 1 is 0.955 bits per heavy atom. The third-order valence-corrected chi connectivity index (χ3v) is 3.33. The van der Waals surface area contributed by atoms with E-state index in [0.29, 0.717) is 18.4 Å². The summed E-state index contributed by atoms with van der Waals surface area (Å²) in [6.07, 6.45) is 3.67. The standard InChI is InChI=1S/C17H25FN2O2/c1-3-5-7-15(21)19-17(20-16(22)8-6-4-2)13-9-11-14(18)12-10-13/h9-12,17H,3-8H2,1-2H3,(H,19,21)(H,20,22). The van der Waals surface area contributed by atoms with E-state index in [1.54, 1.807) is 12.1 Å². The fraction of sp³-hybridized carbons (Fsp3) is 0.529. The topological polar surface area (TPSA) is 58.2 Å². The van der Waals surface area contributed by atoms with Crippen LogP contribution in [-0.2, 0) is 9.59 Å². The molecule has 1 rings (SSSR count). The maximum absolute atomic E-state index is 13.0. The largest absolute Gasteiger partial charge is 0.332 e. The Morgan fingerprint density at radius 3 is 1.82 bits per heavy atom. The molecule has 2 amide bonds. The molecule has 0 saturated carbocycles. The van der Waals surface area contributed by atoms with Crippen LogP contribution in [0.3, 0.4) is 0 Å². The van der Waals surface area contributed by atoms with Gasteiger partial charge < -0.3 is 10.6 Å². The average molecular weight is 308 g/mol. The summed E-state index contributed by atoms with van der Waals surface area (Å²) >= 11 is 0. The van der Waals surface area contributed by atoms with Crippen LogP contribution in [0.15, 0.2) is 24.3 Å². The van der Waals surface area contributed by atoms with Gasteiger partial charge in [-0.05, 0) is 30.5 Å². The molecule has 0 unspecified atom stereocenters. The normalized spacial score (nSPS) is 10.5. The van der Waals surface area contributed by atoms with Crippen molar-refractivity contribution >= 4 is 11.8 Å². The smallest absolute Gasteiger partial charge is 0.221 e. The van der Waals surface area contributed by atoms with E-state index in [2.05, 4.69) is 10.6 Å². The van der Waals surface area contributed by atoms with E-state index in [-0.39, 0.29) is 17.6 Å². The second-order valence-electron chi connectivity index (χ2n) is 5.33. The van der Waals surface area contributed by atoms with Crippen LogP contribution in [0.2, 0.25) is 0 Å². The fourth-order valence-corrected chi connectivity index (χ4v) is 2.00. The van der Waals surface area contributed by atoms with Gasteiger partial charge in [0, 0.05) is 12.8 Å². The molecule has 5 heteroatoms. The van der Waals surface area contributed by atoms with Gasteiger partial charge in [0.2, 0.25) is 11.8 Å². The van der Waals surface area contributed by atoms with E-state index in [1.165, 1.54) is 12.1 Å². The molecule has 0 spiro atoms. The molecule has 0 radical (unpaired) electrons. The van der Waals surface area contributed by atoms with E-state index in [9.17, 15) is 14.0 Å². The van der Waals surface area contributed by atoms with Gasteiger partial charge >= 0.3 is 0 Å². The zero-order valence-corrected chi connectivity index (χ0v) is 13.3. The van der Waals surface area contributed by atoms with Crippen molar-refractivity contribution in [2.45, 2.75) is 58.5 Å². The van der Waals surface area contributed by atoms with Crippen molar-refractivity contribution in [3.05, 3.63) is 35.6 Å². The Morgan fingerprint density at radius 2 is 1.41 bits per heavy atom. The molecule has 0 aromatic heterocycles. The first-order chi connectivity index (χ1) is 10.6. The zero-order chi connectivity index (χ0) is 16.4. The fourth-order valence-electron chi connectivity index (χ4n) is 2.00. The molecule has 1 aromatic carbocycles. The van der Waals surface area contributed by atoms with Crippen molar-refractivity contribution in [3.8, 4) is 0 Å². The van der Waals surface area contributed by atoms with E-state index >= 15 is 0 Å². The molecule has 0 bridgehead atoms. The number of hydrogen-bond acceptors (Lipinski definition) is 2. The van der Waals surface area contributed by atoms with Crippen LogP contribution in [0, 0.1) is 5.82 Å². The first-order valence-corrected chi connectivity index (χ1v) is 7.91. The maximum Gasteiger partial charge on any atom is 0.221 e. The number of nitrogens with one attached hydrogen (secondary N) is 2. The summed E-state index contributed by atoms with van der Waals surface area (Å²) < 4.78 is 13.0. The van der Waals surface area contributed by atoms with E-state index < -0.39 is 6.17 Å². The Bertz CT molecular complexity index is 452. The van der Waals surface area contributed by atoms with Crippen molar-refractivity contribution in [1.82, 2.24) is 10.6 Å². The van der Waals surface area contributed by atoms with Gasteiger partial charge in [-0.1, -0.05) is 38.8 Å². The third kappa shape index (κ3) is 6.70. The molecule has 1 aromatic rings. The molecule has 0 aliphatic rings. The molecule has 0 aliphatic carbocycles. The Hall–Kier alpha value is -1.91. The summed E-state index contributed by atoms with van der Waals surface area (Å²) in [4.78, 5) is 23.8. The van der Waals surface area contributed by atoms with Crippen LogP contribution in [0.5, 0.6) is 0 Å². The molecule has 0 fully saturated rings. The SMILES string of the molecule is CCCCC(=O)NC(NC(=O)CCCC)c1ccc(F)cc1. The molecule has 0 aliphatic heterocycles. The van der Waals surface area contributed by atoms with Crippen LogP contribution in [0.1, 0.15) is 64.1 Å². The van der Waals surface area contributed by atoms with Crippen molar-refractivity contribution < 1.29 is 14.0 Å². The number of rotatable bonds is 9.